The Morgan fingerprint density at radius 2 is 1.83 bits per heavy atom. The highest BCUT2D eigenvalue weighted by molar-refractivity contribution is 6.36. The van der Waals surface area contributed by atoms with E-state index in [1.807, 2.05) is 47.3 Å². The standard InChI is InChI=1S/C31H25Cl2FN8/c32-24-9-20(6-7-26(24)34)38-28-19(13-35)14-37-30-23(28)8-21(10-25(30)33)39-29(18-4-2-1-3-5-18)27-15-42(41-40-27)22-11-31(12-22)16-36-17-31/h1-10,14-15,22,29,36,39H,11-12,16-17H2,(H,37,38). The van der Waals surface area contributed by atoms with Crippen LogP contribution in [0.15, 0.2) is 73.1 Å². The van der Waals surface area contributed by atoms with Gasteiger partial charge in [-0.05, 0) is 54.2 Å². The van der Waals surface area contributed by atoms with Gasteiger partial charge < -0.3 is 16.0 Å². The molecular formula is C31H25Cl2FN8. The van der Waals surface area contributed by atoms with Crippen molar-refractivity contribution in [2.45, 2.75) is 24.9 Å². The molecule has 1 saturated heterocycles. The summed E-state index contributed by atoms with van der Waals surface area (Å²) in [5.41, 5.74) is 4.76. The van der Waals surface area contributed by atoms with E-state index in [9.17, 15) is 9.65 Å². The first-order valence-electron chi connectivity index (χ1n) is 13.6. The van der Waals surface area contributed by atoms with E-state index in [0.717, 1.165) is 37.2 Å². The van der Waals surface area contributed by atoms with Gasteiger partial charge in [0.2, 0.25) is 0 Å². The normalized spacial score (nSPS) is 16.4. The predicted molar refractivity (Wildman–Crippen MR) is 162 cm³/mol. The van der Waals surface area contributed by atoms with Crippen molar-refractivity contribution in [3.63, 3.8) is 0 Å². The van der Waals surface area contributed by atoms with E-state index >= 15 is 0 Å². The molecule has 42 heavy (non-hydrogen) atoms. The van der Waals surface area contributed by atoms with Crippen LogP contribution in [0.3, 0.4) is 0 Å². The number of hydrogen-bond donors (Lipinski definition) is 3. The van der Waals surface area contributed by atoms with Gasteiger partial charge in [0.15, 0.2) is 0 Å². The molecule has 2 aromatic heterocycles. The lowest BCUT2D eigenvalue weighted by atomic mass is 9.62. The highest BCUT2D eigenvalue weighted by Crippen LogP contribution is 2.50. The highest BCUT2D eigenvalue weighted by atomic mass is 35.5. The summed E-state index contributed by atoms with van der Waals surface area (Å²) in [5, 5.41) is 30.1. The van der Waals surface area contributed by atoms with Crippen LogP contribution in [0.25, 0.3) is 10.9 Å². The van der Waals surface area contributed by atoms with Crippen molar-refractivity contribution < 1.29 is 4.39 Å². The first kappa shape index (κ1) is 26.7. The lowest BCUT2D eigenvalue weighted by molar-refractivity contribution is 0.00161. The Morgan fingerprint density at radius 1 is 1.05 bits per heavy atom. The summed E-state index contributed by atoms with van der Waals surface area (Å²) in [7, 11) is 0. The fourth-order valence-corrected chi connectivity index (χ4v) is 6.36. The number of rotatable bonds is 7. The summed E-state index contributed by atoms with van der Waals surface area (Å²) in [5.74, 6) is -0.530. The smallest absolute Gasteiger partial charge is 0.141 e. The molecule has 1 aliphatic heterocycles. The van der Waals surface area contributed by atoms with Gasteiger partial charge in [0.1, 0.15) is 17.6 Å². The van der Waals surface area contributed by atoms with Gasteiger partial charge in [-0.1, -0.05) is 58.7 Å². The van der Waals surface area contributed by atoms with Crippen molar-refractivity contribution >= 4 is 51.2 Å². The molecule has 0 radical (unpaired) electrons. The number of nitriles is 1. The maximum Gasteiger partial charge on any atom is 0.141 e. The number of anilines is 3. The van der Waals surface area contributed by atoms with E-state index in [1.165, 1.54) is 18.3 Å². The minimum absolute atomic E-state index is 0.0302. The molecule has 1 spiro atoms. The Kier molecular flexibility index (Phi) is 6.70. The molecule has 5 aromatic rings. The molecule has 1 saturated carbocycles. The first-order chi connectivity index (χ1) is 20.4. The van der Waals surface area contributed by atoms with E-state index in [4.69, 9.17) is 23.2 Å². The number of nitrogens with zero attached hydrogens (tertiary/aromatic N) is 5. The minimum Gasteiger partial charge on any atom is -0.373 e. The van der Waals surface area contributed by atoms with Crippen molar-refractivity contribution in [2.75, 3.05) is 23.7 Å². The molecule has 210 valence electrons. The second kappa shape index (κ2) is 10.6. The number of halogens is 3. The second-order valence-electron chi connectivity index (χ2n) is 11.0. The Morgan fingerprint density at radius 3 is 2.55 bits per heavy atom. The monoisotopic (exact) mass is 598 g/mol. The average molecular weight is 600 g/mol. The zero-order valence-electron chi connectivity index (χ0n) is 22.3. The van der Waals surface area contributed by atoms with Gasteiger partial charge >= 0.3 is 0 Å². The van der Waals surface area contributed by atoms with Crippen LogP contribution < -0.4 is 16.0 Å². The van der Waals surface area contributed by atoms with Crippen LogP contribution in [0.5, 0.6) is 0 Å². The lowest BCUT2D eigenvalue weighted by Crippen LogP contribution is -2.60. The first-order valence-corrected chi connectivity index (χ1v) is 14.4. The van der Waals surface area contributed by atoms with Crippen LogP contribution in [0.4, 0.5) is 21.5 Å². The summed E-state index contributed by atoms with van der Waals surface area (Å²) >= 11 is 12.8. The van der Waals surface area contributed by atoms with Gasteiger partial charge in [-0.3, -0.25) is 4.98 Å². The van der Waals surface area contributed by atoms with Gasteiger partial charge in [-0.25, -0.2) is 9.07 Å². The summed E-state index contributed by atoms with van der Waals surface area (Å²) < 4.78 is 15.8. The van der Waals surface area contributed by atoms with E-state index in [-0.39, 0.29) is 11.1 Å². The Hall–Kier alpha value is -4.23. The molecule has 0 bridgehead atoms. The van der Waals surface area contributed by atoms with Gasteiger partial charge in [-0.15, -0.1) is 5.10 Å². The van der Waals surface area contributed by atoms with Crippen LogP contribution in [0, 0.1) is 22.6 Å². The van der Waals surface area contributed by atoms with Gasteiger partial charge in [-0.2, -0.15) is 5.26 Å². The summed E-state index contributed by atoms with van der Waals surface area (Å²) in [6, 6.07) is 20.2. The van der Waals surface area contributed by atoms with Crippen LogP contribution in [-0.4, -0.2) is 33.1 Å². The number of fused-ring (bicyclic) bond motifs is 1. The zero-order valence-corrected chi connectivity index (χ0v) is 23.8. The third kappa shape index (κ3) is 4.81. The predicted octanol–water partition coefficient (Wildman–Crippen LogP) is 7.01. The van der Waals surface area contributed by atoms with Gasteiger partial charge in [0.05, 0.1) is 45.1 Å². The van der Waals surface area contributed by atoms with E-state index in [1.54, 1.807) is 12.1 Å². The molecular weight excluding hydrogens is 574 g/mol. The molecule has 3 heterocycles. The van der Waals surface area contributed by atoms with Crippen molar-refractivity contribution in [3.8, 4) is 6.07 Å². The number of pyridine rings is 1. The SMILES string of the molecule is N#Cc1cnc2c(Cl)cc(NC(c3ccccc3)c3cn(C4CC5(CNC5)C4)nn3)cc2c1Nc1ccc(F)c(Cl)c1. The third-order valence-corrected chi connectivity index (χ3v) is 8.79. The van der Waals surface area contributed by atoms with Crippen LogP contribution >= 0.6 is 23.2 Å². The summed E-state index contributed by atoms with van der Waals surface area (Å²) in [6.45, 7) is 2.16. The molecule has 11 heteroatoms. The maximum atomic E-state index is 13.8. The molecule has 0 amide bonds. The second-order valence-corrected chi connectivity index (χ2v) is 11.9. The minimum atomic E-state index is -0.530. The van der Waals surface area contributed by atoms with Crippen molar-refractivity contribution in [2.24, 2.45) is 5.41 Å². The molecule has 7 rings (SSSR count). The van der Waals surface area contributed by atoms with Crippen molar-refractivity contribution in [1.29, 1.82) is 5.26 Å². The molecule has 8 nitrogen and oxygen atoms in total. The number of hydrogen-bond acceptors (Lipinski definition) is 7. The van der Waals surface area contributed by atoms with Gasteiger partial charge in [0, 0.05) is 36.0 Å². The summed E-state index contributed by atoms with van der Waals surface area (Å²) in [6.07, 6.45) is 5.70. The van der Waals surface area contributed by atoms with Crippen LogP contribution in [0.1, 0.15) is 41.7 Å². The number of nitrogens with one attached hydrogen (secondary N) is 3. The molecule has 1 unspecified atom stereocenters. The zero-order chi connectivity index (χ0) is 28.8. The molecule has 2 fully saturated rings. The number of benzene rings is 3. The average Bonchev–Trinajstić information content (AvgIpc) is 3.42. The van der Waals surface area contributed by atoms with Crippen LogP contribution in [0.2, 0.25) is 10.0 Å². The number of aromatic nitrogens is 4. The molecule has 3 N–H and O–H groups in total. The lowest BCUT2D eigenvalue weighted by Gasteiger charge is -2.54. The maximum absolute atomic E-state index is 13.8. The molecule has 2 aliphatic rings. The fraction of sp³-hybridized carbons (Fsp3) is 0.226. The fourth-order valence-electron chi connectivity index (χ4n) is 5.92. The summed E-state index contributed by atoms with van der Waals surface area (Å²) in [4.78, 5) is 4.45. The van der Waals surface area contributed by atoms with E-state index < -0.39 is 5.82 Å². The molecule has 3 aromatic carbocycles. The van der Waals surface area contributed by atoms with Gasteiger partial charge in [0.25, 0.3) is 0 Å². The Balaban J connectivity index is 1.25. The quantitative estimate of drug-likeness (QED) is 0.185. The molecule has 1 atom stereocenters. The topological polar surface area (TPSA) is 103 Å². The van der Waals surface area contributed by atoms with E-state index in [2.05, 4.69) is 37.3 Å². The largest absolute Gasteiger partial charge is 0.373 e. The molecule has 1 aliphatic carbocycles. The highest BCUT2D eigenvalue weighted by Gasteiger charge is 2.49. The van der Waals surface area contributed by atoms with E-state index in [0.29, 0.717) is 50.0 Å². The Labute approximate surface area is 251 Å². The Bertz CT molecular complexity index is 1840. The van der Waals surface area contributed by atoms with Crippen LogP contribution in [-0.2, 0) is 0 Å². The van der Waals surface area contributed by atoms with Crippen molar-refractivity contribution in [3.05, 3.63) is 106 Å². The third-order valence-electron chi connectivity index (χ3n) is 8.21. The van der Waals surface area contributed by atoms with Crippen molar-refractivity contribution in [1.82, 2.24) is 25.3 Å².